The van der Waals surface area contributed by atoms with E-state index in [1.807, 2.05) is 19.4 Å². The fraction of sp³-hybridized carbons (Fsp3) is 0.565. The van der Waals surface area contributed by atoms with Crippen LogP contribution in [0.25, 0.3) is 0 Å². The first-order valence-corrected chi connectivity index (χ1v) is 11.8. The zero-order valence-electron chi connectivity index (χ0n) is 18.3. The number of likely N-dealkylation sites (N-methyl/N-ethyl adjacent to an activating group) is 1. The van der Waals surface area contributed by atoms with Gasteiger partial charge in [-0.2, -0.15) is 0 Å². The zero-order chi connectivity index (χ0) is 21.1. The number of hydrogen-bond acceptors (Lipinski definition) is 5. The van der Waals surface area contributed by atoms with E-state index in [-0.39, 0.29) is 6.04 Å². The number of thioether (sulfide) groups is 1. The second kappa shape index (κ2) is 9.54. The van der Waals surface area contributed by atoms with E-state index >= 15 is 0 Å². The predicted octanol–water partition coefficient (Wildman–Crippen LogP) is 2.63. The Morgan fingerprint density at radius 3 is 2.83 bits per heavy atom. The van der Waals surface area contributed by atoms with Gasteiger partial charge in [0.05, 0.1) is 6.04 Å². The molecule has 1 aromatic heterocycles. The first-order chi connectivity index (χ1) is 14.5. The highest BCUT2D eigenvalue weighted by Gasteiger charge is 2.39. The fourth-order valence-electron chi connectivity index (χ4n) is 4.52. The van der Waals surface area contributed by atoms with E-state index in [1.165, 1.54) is 11.1 Å². The third-order valence-electron chi connectivity index (χ3n) is 6.20. The van der Waals surface area contributed by atoms with Crippen molar-refractivity contribution >= 4 is 17.7 Å². The number of hydrogen-bond donors (Lipinski definition) is 0. The molecule has 1 aromatic carbocycles. The Kier molecular flexibility index (Phi) is 6.80. The standard InChI is InChI=1S/C23H33N5OS/c1-18-6-4-7-19(14-18)16-28-17-20(30-23-24-8-11-26(23)3)15-21(28)22(29)27-10-5-9-25(2)12-13-27/h4,6-8,11,14,20-21H,5,9-10,12-13,15-17H2,1-3H3/t20-,21+/m1/s1. The number of carbonyl (C=O) groups is 1. The van der Waals surface area contributed by atoms with Crippen molar-refractivity contribution in [3.63, 3.8) is 0 Å². The highest BCUT2D eigenvalue weighted by molar-refractivity contribution is 7.99. The summed E-state index contributed by atoms with van der Waals surface area (Å²) in [6, 6.07) is 8.61. The van der Waals surface area contributed by atoms with Gasteiger partial charge in [0.2, 0.25) is 5.91 Å². The number of benzene rings is 1. The molecular formula is C23H33N5OS. The Hall–Kier alpha value is -1.83. The Balaban J connectivity index is 1.50. The van der Waals surface area contributed by atoms with Gasteiger partial charge in [-0.25, -0.2) is 4.98 Å². The van der Waals surface area contributed by atoms with Crippen LogP contribution in [0.3, 0.4) is 0 Å². The van der Waals surface area contributed by atoms with Crippen LogP contribution in [-0.2, 0) is 18.4 Å². The molecular weight excluding hydrogens is 394 g/mol. The summed E-state index contributed by atoms with van der Waals surface area (Å²) < 4.78 is 2.06. The third kappa shape index (κ3) is 5.07. The summed E-state index contributed by atoms with van der Waals surface area (Å²) >= 11 is 1.81. The lowest BCUT2D eigenvalue weighted by Gasteiger charge is -2.29. The molecule has 30 heavy (non-hydrogen) atoms. The molecule has 0 bridgehead atoms. The molecule has 2 aromatic rings. The van der Waals surface area contributed by atoms with Crippen LogP contribution < -0.4 is 0 Å². The van der Waals surface area contributed by atoms with E-state index in [2.05, 4.69) is 62.5 Å². The summed E-state index contributed by atoms with van der Waals surface area (Å²) in [6.07, 6.45) is 5.77. The van der Waals surface area contributed by atoms with Crippen molar-refractivity contribution in [3.05, 3.63) is 47.8 Å². The van der Waals surface area contributed by atoms with Gasteiger partial charge >= 0.3 is 0 Å². The van der Waals surface area contributed by atoms with E-state index in [1.54, 1.807) is 11.8 Å². The molecule has 2 saturated heterocycles. The van der Waals surface area contributed by atoms with Crippen molar-refractivity contribution < 1.29 is 4.79 Å². The van der Waals surface area contributed by atoms with Gasteiger partial charge in [-0.15, -0.1) is 0 Å². The van der Waals surface area contributed by atoms with Gasteiger partial charge in [-0.3, -0.25) is 9.69 Å². The van der Waals surface area contributed by atoms with E-state index in [9.17, 15) is 4.79 Å². The lowest BCUT2D eigenvalue weighted by Crippen LogP contribution is -2.46. The SMILES string of the molecule is Cc1cccc(CN2C[C@H](Sc3nccn3C)C[C@H]2C(=O)N2CCCN(C)CC2)c1. The van der Waals surface area contributed by atoms with Crippen LogP contribution in [0.5, 0.6) is 0 Å². The lowest BCUT2D eigenvalue weighted by molar-refractivity contribution is -0.136. The lowest BCUT2D eigenvalue weighted by atomic mass is 10.1. The maximum absolute atomic E-state index is 13.6. The fourth-order valence-corrected chi connectivity index (χ4v) is 5.71. The molecule has 2 aliphatic heterocycles. The number of aromatic nitrogens is 2. The molecule has 0 spiro atoms. The van der Waals surface area contributed by atoms with Crippen LogP contribution in [0.15, 0.2) is 41.8 Å². The topological polar surface area (TPSA) is 44.6 Å². The molecule has 2 aliphatic rings. The monoisotopic (exact) mass is 427 g/mol. The summed E-state index contributed by atoms with van der Waals surface area (Å²) in [5.74, 6) is 0.306. The largest absolute Gasteiger partial charge is 0.340 e. The molecule has 1 amide bonds. The molecule has 7 heteroatoms. The average Bonchev–Trinajstić information content (AvgIpc) is 3.22. The van der Waals surface area contributed by atoms with E-state index in [0.717, 1.165) is 57.3 Å². The van der Waals surface area contributed by atoms with Crippen LogP contribution in [-0.4, -0.2) is 81.2 Å². The van der Waals surface area contributed by atoms with E-state index in [4.69, 9.17) is 0 Å². The van der Waals surface area contributed by atoms with Gasteiger partial charge in [0.25, 0.3) is 0 Å². The van der Waals surface area contributed by atoms with Crippen molar-refractivity contribution in [2.45, 2.75) is 42.8 Å². The molecule has 4 rings (SSSR count). The number of likely N-dealkylation sites (tertiary alicyclic amines) is 1. The number of imidazole rings is 1. The Bertz CT molecular complexity index is 869. The van der Waals surface area contributed by atoms with Gasteiger partial charge in [-0.1, -0.05) is 41.6 Å². The number of rotatable bonds is 5. The summed E-state index contributed by atoms with van der Waals surface area (Å²) in [6.45, 7) is 7.60. The van der Waals surface area contributed by atoms with E-state index < -0.39 is 0 Å². The van der Waals surface area contributed by atoms with Gasteiger partial charge in [-0.05, 0) is 38.9 Å². The summed E-state index contributed by atoms with van der Waals surface area (Å²) in [7, 11) is 4.18. The summed E-state index contributed by atoms with van der Waals surface area (Å²) in [5.41, 5.74) is 2.55. The molecule has 162 valence electrons. The first-order valence-electron chi connectivity index (χ1n) is 10.9. The maximum Gasteiger partial charge on any atom is 0.240 e. The van der Waals surface area contributed by atoms with Crippen LogP contribution in [0.2, 0.25) is 0 Å². The third-order valence-corrected chi connectivity index (χ3v) is 7.48. The van der Waals surface area contributed by atoms with Crippen molar-refractivity contribution in [2.24, 2.45) is 7.05 Å². The number of nitrogens with zero attached hydrogens (tertiary/aromatic N) is 5. The van der Waals surface area contributed by atoms with Crippen molar-refractivity contribution in [1.82, 2.24) is 24.3 Å². The van der Waals surface area contributed by atoms with Crippen LogP contribution >= 0.6 is 11.8 Å². The van der Waals surface area contributed by atoms with Gasteiger partial charge in [0.15, 0.2) is 5.16 Å². The smallest absolute Gasteiger partial charge is 0.240 e. The average molecular weight is 428 g/mol. The van der Waals surface area contributed by atoms with Crippen molar-refractivity contribution in [2.75, 3.05) is 39.8 Å². The highest BCUT2D eigenvalue weighted by Crippen LogP contribution is 2.33. The number of carbonyl (C=O) groups excluding carboxylic acids is 1. The number of amides is 1. The van der Waals surface area contributed by atoms with Gasteiger partial charge < -0.3 is 14.4 Å². The molecule has 0 N–H and O–H groups in total. The molecule has 2 fully saturated rings. The van der Waals surface area contributed by atoms with Crippen LogP contribution in [0.1, 0.15) is 24.0 Å². The normalized spacial score (nSPS) is 23.6. The Morgan fingerprint density at radius 2 is 2.07 bits per heavy atom. The Morgan fingerprint density at radius 1 is 1.20 bits per heavy atom. The van der Waals surface area contributed by atoms with Gasteiger partial charge in [0, 0.05) is 57.4 Å². The van der Waals surface area contributed by atoms with Crippen LogP contribution in [0, 0.1) is 6.92 Å². The second-order valence-electron chi connectivity index (χ2n) is 8.71. The Labute approximate surface area is 184 Å². The summed E-state index contributed by atoms with van der Waals surface area (Å²) in [5, 5.41) is 1.40. The molecule has 0 saturated carbocycles. The first kappa shape index (κ1) is 21.4. The number of aryl methyl sites for hydroxylation is 2. The molecule has 2 atom stereocenters. The molecule has 0 radical (unpaired) electrons. The minimum Gasteiger partial charge on any atom is -0.340 e. The molecule has 0 aliphatic carbocycles. The molecule has 6 nitrogen and oxygen atoms in total. The molecule has 0 unspecified atom stereocenters. The zero-order valence-corrected chi connectivity index (χ0v) is 19.1. The quantitative estimate of drug-likeness (QED) is 0.734. The van der Waals surface area contributed by atoms with E-state index in [0.29, 0.717) is 11.2 Å². The van der Waals surface area contributed by atoms with Crippen molar-refractivity contribution in [1.29, 1.82) is 0 Å². The van der Waals surface area contributed by atoms with Crippen LogP contribution in [0.4, 0.5) is 0 Å². The minimum atomic E-state index is -0.0494. The van der Waals surface area contributed by atoms with Crippen molar-refractivity contribution in [3.8, 4) is 0 Å². The predicted molar refractivity (Wildman–Crippen MR) is 122 cm³/mol. The molecule has 3 heterocycles. The highest BCUT2D eigenvalue weighted by atomic mass is 32.2. The summed E-state index contributed by atoms with van der Waals surface area (Å²) in [4.78, 5) is 24.9. The minimum absolute atomic E-state index is 0.0494. The maximum atomic E-state index is 13.6. The second-order valence-corrected chi connectivity index (χ2v) is 9.98. The van der Waals surface area contributed by atoms with Gasteiger partial charge in [0.1, 0.15) is 0 Å².